The second kappa shape index (κ2) is 9.26. The summed E-state index contributed by atoms with van der Waals surface area (Å²) in [5.74, 6) is -2.44. The topological polar surface area (TPSA) is 171 Å². The lowest BCUT2D eigenvalue weighted by Crippen LogP contribution is -2.71. The molecule has 172 valence electrons. The molecule has 1 saturated heterocycles. The predicted molar refractivity (Wildman–Crippen MR) is 119 cm³/mol. The highest BCUT2D eigenvalue weighted by atomic mass is 32.2. The number of oxime groups is 1. The summed E-state index contributed by atoms with van der Waals surface area (Å²) in [6.07, 6.45) is 3.65. The number of carboxylic acid groups (broad SMARTS) is 1. The minimum absolute atomic E-state index is 0.0839. The van der Waals surface area contributed by atoms with Crippen LogP contribution in [0.1, 0.15) is 12.7 Å². The van der Waals surface area contributed by atoms with Gasteiger partial charge in [-0.05, 0) is 18.6 Å². The van der Waals surface area contributed by atoms with E-state index in [2.05, 4.69) is 40.8 Å². The quantitative estimate of drug-likeness (QED) is 0.127. The lowest BCUT2D eigenvalue weighted by molar-refractivity contribution is -0.882. The molecule has 0 aliphatic carbocycles. The Kier molecular flexibility index (Phi) is 6.85. The summed E-state index contributed by atoms with van der Waals surface area (Å²) in [6, 6.07) is -0.976. The van der Waals surface area contributed by atoms with Gasteiger partial charge in [0.1, 0.15) is 17.1 Å². The van der Waals surface area contributed by atoms with Crippen LogP contribution < -0.4 is 11.1 Å². The van der Waals surface area contributed by atoms with Crippen LogP contribution in [0.4, 0.5) is 5.13 Å². The van der Waals surface area contributed by atoms with Crippen LogP contribution in [0.5, 0.6) is 0 Å². The molecule has 0 aromatic carbocycles. The van der Waals surface area contributed by atoms with Crippen LogP contribution in [0.25, 0.3) is 0 Å². The van der Waals surface area contributed by atoms with Crippen LogP contribution in [0.2, 0.25) is 0 Å². The highest BCUT2D eigenvalue weighted by Crippen LogP contribution is 2.40. The Hall–Kier alpha value is -2.97. The number of carbonyl (C=O) groups excluding carboxylic acids is 2. The Balaban J connectivity index is 1.75. The second-order valence-corrected chi connectivity index (χ2v) is 9.67. The fourth-order valence-electron chi connectivity index (χ4n) is 3.11. The zero-order valence-corrected chi connectivity index (χ0v) is 19.3. The SMILES string of the molecule is CC[N+](C)(C)CC=CC1=C(C(=O)O)N2C(=O)C(NC(=O)C(=NO)c3nsc(N)n3)C2SC1. The summed E-state index contributed by atoms with van der Waals surface area (Å²) >= 11 is 2.16. The van der Waals surface area contributed by atoms with E-state index in [1.807, 2.05) is 6.08 Å². The number of carboxylic acids is 1. The minimum Gasteiger partial charge on any atom is -0.477 e. The number of fused-ring (bicyclic) bond motifs is 1. The number of rotatable bonds is 8. The number of hydrogen-bond acceptors (Lipinski definition) is 10. The van der Waals surface area contributed by atoms with Crippen LogP contribution in [0.3, 0.4) is 0 Å². The molecule has 0 saturated carbocycles. The largest absolute Gasteiger partial charge is 0.477 e. The number of likely N-dealkylation sites (N-methyl/N-ethyl adjacent to an activating group) is 1. The van der Waals surface area contributed by atoms with Crippen molar-refractivity contribution in [3.8, 4) is 0 Å². The summed E-state index contributed by atoms with van der Waals surface area (Å²) in [7, 11) is 4.13. The number of thioether (sulfide) groups is 1. The van der Waals surface area contributed by atoms with E-state index < -0.39 is 34.9 Å². The average Bonchev–Trinajstić information content (AvgIpc) is 3.17. The Morgan fingerprint density at radius 1 is 1.44 bits per heavy atom. The molecule has 2 amide bonds. The fourth-order valence-corrected chi connectivity index (χ4v) is 4.87. The third-order valence-electron chi connectivity index (χ3n) is 5.23. The van der Waals surface area contributed by atoms with Crippen molar-refractivity contribution >= 4 is 51.9 Å². The van der Waals surface area contributed by atoms with Gasteiger partial charge in [0.2, 0.25) is 11.5 Å². The smallest absolute Gasteiger partial charge is 0.352 e. The molecule has 2 atom stereocenters. The van der Waals surface area contributed by atoms with Crippen molar-refractivity contribution in [1.29, 1.82) is 0 Å². The first-order valence-corrected chi connectivity index (χ1v) is 11.4. The Morgan fingerprint density at radius 3 is 2.72 bits per heavy atom. The van der Waals surface area contributed by atoms with Gasteiger partial charge in [-0.3, -0.25) is 14.5 Å². The summed E-state index contributed by atoms with van der Waals surface area (Å²) in [4.78, 5) is 42.1. The van der Waals surface area contributed by atoms with Crippen molar-refractivity contribution in [1.82, 2.24) is 19.6 Å². The molecule has 1 aromatic heterocycles. The highest BCUT2D eigenvalue weighted by Gasteiger charge is 2.54. The zero-order chi connectivity index (χ0) is 23.6. The number of allylic oxidation sites excluding steroid dienone is 1. The van der Waals surface area contributed by atoms with Crippen LogP contribution >= 0.6 is 23.3 Å². The number of carbonyl (C=O) groups is 3. The van der Waals surface area contributed by atoms with Gasteiger partial charge in [0.25, 0.3) is 11.8 Å². The molecule has 1 fully saturated rings. The molecule has 14 heteroatoms. The van der Waals surface area contributed by atoms with E-state index in [0.717, 1.165) is 22.6 Å². The Bertz CT molecular complexity index is 1030. The van der Waals surface area contributed by atoms with Crippen LogP contribution in [-0.4, -0.2) is 96.9 Å². The average molecular weight is 483 g/mol. The lowest BCUT2D eigenvalue weighted by atomic mass is 10.0. The van der Waals surface area contributed by atoms with Gasteiger partial charge in [0, 0.05) is 17.3 Å². The van der Waals surface area contributed by atoms with Crippen molar-refractivity contribution in [3.63, 3.8) is 0 Å². The summed E-state index contributed by atoms with van der Waals surface area (Å²) in [6.45, 7) is 3.70. The van der Waals surface area contributed by atoms with E-state index in [1.165, 1.54) is 16.7 Å². The minimum atomic E-state index is -1.21. The first-order chi connectivity index (χ1) is 15.1. The third kappa shape index (κ3) is 4.61. The van der Waals surface area contributed by atoms with Gasteiger partial charge in [-0.15, -0.1) is 11.8 Å². The normalized spacial score (nSPS) is 21.5. The van der Waals surface area contributed by atoms with E-state index in [-0.39, 0.29) is 16.7 Å². The van der Waals surface area contributed by atoms with Crippen molar-refractivity contribution in [3.05, 3.63) is 29.2 Å². The van der Waals surface area contributed by atoms with Crippen molar-refractivity contribution in [2.45, 2.75) is 18.3 Å². The Morgan fingerprint density at radius 2 is 2.16 bits per heavy atom. The number of nitrogen functional groups attached to an aromatic ring is 1. The van der Waals surface area contributed by atoms with Gasteiger partial charge in [0.05, 0.1) is 27.2 Å². The number of nitrogens with one attached hydrogen (secondary N) is 1. The zero-order valence-electron chi connectivity index (χ0n) is 17.7. The maximum atomic E-state index is 12.7. The highest BCUT2D eigenvalue weighted by molar-refractivity contribution is 8.00. The number of aliphatic carboxylic acids is 1. The number of amides is 2. The van der Waals surface area contributed by atoms with Crippen LogP contribution in [0, 0.1) is 0 Å². The van der Waals surface area contributed by atoms with Crippen molar-refractivity contribution in [2.24, 2.45) is 5.16 Å². The number of aromatic nitrogens is 2. The molecule has 2 aliphatic rings. The number of nitrogens with zero attached hydrogens (tertiary/aromatic N) is 5. The molecule has 1 aromatic rings. The maximum absolute atomic E-state index is 12.7. The Labute approximate surface area is 192 Å². The van der Waals surface area contributed by atoms with Crippen molar-refractivity contribution in [2.75, 3.05) is 38.7 Å². The third-order valence-corrected chi connectivity index (χ3v) is 7.08. The first kappa shape index (κ1) is 23.7. The molecular formula is C18H24N7O5S2+. The standard InChI is InChI=1S/C18H23N7O5S2/c1-4-25(2,3)7-5-6-9-8-31-16-11(15(27)24(16)12(9)17(28)29)20-14(26)10(22-30)13-21-18(19)32-23-13/h5-6,11,16H,4,7-8H2,1-3H3,(H4-,19,20,21,23,26,28,29,30)/p+1. The first-order valence-electron chi connectivity index (χ1n) is 9.61. The molecule has 3 rings (SSSR count). The van der Waals surface area contributed by atoms with E-state index in [0.29, 0.717) is 17.9 Å². The van der Waals surface area contributed by atoms with E-state index in [9.17, 15) is 24.7 Å². The molecule has 2 unspecified atom stereocenters. The van der Waals surface area contributed by atoms with E-state index in [1.54, 1.807) is 6.08 Å². The molecule has 5 N–H and O–H groups in total. The van der Waals surface area contributed by atoms with E-state index in [4.69, 9.17) is 5.73 Å². The molecular weight excluding hydrogens is 458 g/mol. The van der Waals surface area contributed by atoms with Crippen LogP contribution in [0.15, 0.2) is 28.6 Å². The molecule has 0 bridgehead atoms. The summed E-state index contributed by atoms with van der Waals surface area (Å²) in [5, 5.41) is 23.8. The molecule has 0 spiro atoms. The van der Waals surface area contributed by atoms with Gasteiger partial charge < -0.3 is 25.8 Å². The summed E-state index contributed by atoms with van der Waals surface area (Å²) in [5.41, 5.74) is 5.45. The predicted octanol–water partition coefficient (Wildman–Crippen LogP) is -0.310. The number of quaternary nitrogens is 1. The molecule has 2 aliphatic heterocycles. The number of nitrogens with two attached hydrogens (primary N) is 1. The van der Waals surface area contributed by atoms with Crippen molar-refractivity contribution < 1.29 is 29.2 Å². The van der Waals surface area contributed by atoms with Gasteiger partial charge in [-0.1, -0.05) is 11.2 Å². The lowest BCUT2D eigenvalue weighted by Gasteiger charge is -2.49. The van der Waals surface area contributed by atoms with Crippen LogP contribution in [-0.2, 0) is 14.4 Å². The fraction of sp³-hybridized carbons (Fsp3) is 0.444. The maximum Gasteiger partial charge on any atom is 0.352 e. The van der Waals surface area contributed by atoms with E-state index >= 15 is 0 Å². The molecule has 12 nitrogen and oxygen atoms in total. The number of anilines is 1. The molecule has 0 radical (unpaired) electrons. The van der Waals surface area contributed by atoms with Gasteiger partial charge in [0.15, 0.2) is 5.13 Å². The second-order valence-electron chi connectivity index (χ2n) is 7.78. The summed E-state index contributed by atoms with van der Waals surface area (Å²) < 4.78 is 4.56. The number of hydrogen-bond donors (Lipinski definition) is 4. The molecule has 3 heterocycles. The monoisotopic (exact) mass is 482 g/mol. The van der Waals surface area contributed by atoms with Gasteiger partial charge in [-0.2, -0.15) is 9.36 Å². The van der Waals surface area contributed by atoms with Gasteiger partial charge in [-0.25, -0.2) is 4.79 Å². The number of β-lactam (4-membered cyclic amide) rings is 1. The molecule has 32 heavy (non-hydrogen) atoms. The van der Waals surface area contributed by atoms with Gasteiger partial charge >= 0.3 is 5.97 Å².